The van der Waals surface area contributed by atoms with E-state index in [1.54, 1.807) is 32.7 Å². The molecule has 0 aliphatic heterocycles. The molecule has 0 N–H and O–H groups in total. The van der Waals surface area contributed by atoms with Gasteiger partial charge in [-0.1, -0.05) is 6.07 Å². The van der Waals surface area contributed by atoms with Crippen LogP contribution in [0.3, 0.4) is 0 Å². The van der Waals surface area contributed by atoms with Crippen LogP contribution >= 0.6 is 11.3 Å². The highest BCUT2D eigenvalue weighted by molar-refractivity contribution is 7.10. The molecule has 0 saturated heterocycles. The van der Waals surface area contributed by atoms with Crippen molar-refractivity contribution < 1.29 is 14.2 Å². The van der Waals surface area contributed by atoms with Gasteiger partial charge in [0, 0.05) is 17.0 Å². The van der Waals surface area contributed by atoms with Crippen LogP contribution in [0.1, 0.15) is 10.4 Å². The highest BCUT2D eigenvalue weighted by atomic mass is 32.1. The summed E-state index contributed by atoms with van der Waals surface area (Å²) in [5.74, 6) is 2.16. The van der Waals surface area contributed by atoms with Gasteiger partial charge >= 0.3 is 0 Å². The second-order valence-electron chi connectivity index (χ2n) is 3.79. The van der Waals surface area contributed by atoms with Crippen LogP contribution in [0.4, 0.5) is 0 Å². The van der Waals surface area contributed by atoms with Gasteiger partial charge in [0.05, 0.1) is 26.9 Å². The summed E-state index contributed by atoms with van der Waals surface area (Å²) >= 11 is 1.68. The van der Waals surface area contributed by atoms with Crippen molar-refractivity contribution in [2.45, 2.75) is 0 Å². The molecule has 0 aliphatic carbocycles. The molecule has 2 aromatic rings. The molecule has 0 saturated carbocycles. The number of ether oxygens (including phenoxy) is 3. The molecular weight excluding hydrogens is 260 g/mol. The lowest BCUT2D eigenvalue weighted by Gasteiger charge is -2.12. The van der Waals surface area contributed by atoms with Crippen LogP contribution in [0.2, 0.25) is 0 Å². The van der Waals surface area contributed by atoms with E-state index >= 15 is 0 Å². The van der Waals surface area contributed by atoms with E-state index in [9.17, 15) is 0 Å². The van der Waals surface area contributed by atoms with Crippen LogP contribution in [-0.4, -0.2) is 21.3 Å². The Morgan fingerprint density at radius 2 is 1.63 bits per heavy atom. The van der Waals surface area contributed by atoms with Crippen molar-refractivity contribution >= 4 is 23.5 Å². The third-order valence-corrected chi connectivity index (χ3v) is 3.55. The number of hydrogen-bond acceptors (Lipinski definition) is 4. The Kier molecular flexibility index (Phi) is 4.47. The van der Waals surface area contributed by atoms with Gasteiger partial charge in [0.1, 0.15) is 17.2 Å². The summed E-state index contributed by atoms with van der Waals surface area (Å²) in [6.07, 6.45) is 4.03. The molecule has 3 nitrogen and oxygen atoms in total. The predicted molar refractivity (Wildman–Crippen MR) is 79.3 cm³/mol. The molecular formula is C15H16O3S. The summed E-state index contributed by atoms with van der Waals surface area (Å²) in [5.41, 5.74) is 0.902. The second kappa shape index (κ2) is 6.29. The van der Waals surface area contributed by atoms with Crippen molar-refractivity contribution in [2.24, 2.45) is 0 Å². The largest absolute Gasteiger partial charge is 0.496 e. The van der Waals surface area contributed by atoms with Crippen molar-refractivity contribution in [1.82, 2.24) is 0 Å². The summed E-state index contributed by atoms with van der Waals surface area (Å²) in [4.78, 5) is 1.18. The molecule has 1 heterocycles. The van der Waals surface area contributed by atoms with Gasteiger partial charge in [0.25, 0.3) is 0 Å². The molecule has 1 aromatic heterocycles. The summed E-state index contributed by atoms with van der Waals surface area (Å²) in [6, 6.07) is 7.77. The molecule has 2 rings (SSSR count). The van der Waals surface area contributed by atoms with Crippen molar-refractivity contribution in [2.75, 3.05) is 21.3 Å². The Bertz CT molecular complexity index is 534. The molecule has 0 amide bonds. The Labute approximate surface area is 117 Å². The summed E-state index contributed by atoms with van der Waals surface area (Å²) in [6.45, 7) is 0. The SMILES string of the molecule is COc1cc(OC)c(/C=C/c2cccs2)c(OC)c1. The third kappa shape index (κ3) is 3.09. The first-order valence-electron chi connectivity index (χ1n) is 5.80. The second-order valence-corrected chi connectivity index (χ2v) is 4.77. The summed E-state index contributed by atoms with van der Waals surface area (Å²) in [7, 11) is 4.89. The Hall–Kier alpha value is -1.94. The number of thiophene rings is 1. The van der Waals surface area contributed by atoms with E-state index in [2.05, 4.69) is 6.07 Å². The molecule has 1 aromatic carbocycles. The van der Waals surface area contributed by atoms with Gasteiger partial charge in [-0.2, -0.15) is 0 Å². The van der Waals surface area contributed by atoms with Crippen molar-refractivity contribution in [3.8, 4) is 17.2 Å². The van der Waals surface area contributed by atoms with Crippen molar-refractivity contribution in [3.63, 3.8) is 0 Å². The van der Waals surface area contributed by atoms with E-state index in [0.717, 1.165) is 17.1 Å². The average molecular weight is 276 g/mol. The number of hydrogen-bond donors (Lipinski definition) is 0. The maximum Gasteiger partial charge on any atom is 0.133 e. The minimum Gasteiger partial charge on any atom is -0.496 e. The van der Waals surface area contributed by atoms with Gasteiger partial charge in [-0.15, -0.1) is 11.3 Å². The van der Waals surface area contributed by atoms with Gasteiger partial charge in [-0.25, -0.2) is 0 Å². The fourth-order valence-corrected chi connectivity index (χ4v) is 2.37. The first-order valence-corrected chi connectivity index (χ1v) is 6.68. The summed E-state index contributed by atoms with van der Waals surface area (Å²) < 4.78 is 16.0. The van der Waals surface area contributed by atoms with E-state index in [1.165, 1.54) is 4.88 Å². The first kappa shape index (κ1) is 13.5. The van der Waals surface area contributed by atoms with Gasteiger partial charge in [-0.05, 0) is 23.6 Å². The minimum absolute atomic E-state index is 0.710. The maximum atomic E-state index is 5.39. The molecule has 0 spiro atoms. The van der Waals surface area contributed by atoms with Crippen molar-refractivity contribution in [1.29, 1.82) is 0 Å². The lowest BCUT2D eigenvalue weighted by molar-refractivity contribution is 0.374. The number of rotatable bonds is 5. The zero-order chi connectivity index (χ0) is 13.7. The maximum absolute atomic E-state index is 5.39. The van der Waals surface area contributed by atoms with Crippen LogP contribution in [0, 0.1) is 0 Å². The van der Waals surface area contributed by atoms with E-state index in [1.807, 2.05) is 35.7 Å². The normalized spacial score (nSPS) is 10.7. The highest BCUT2D eigenvalue weighted by Crippen LogP contribution is 2.35. The quantitative estimate of drug-likeness (QED) is 0.827. The molecule has 19 heavy (non-hydrogen) atoms. The molecule has 4 heteroatoms. The molecule has 0 radical (unpaired) electrons. The molecule has 0 fully saturated rings. The van der Waals surface area contributed by atoms with E-state index in [-0.39, 0.29) is 0 Å². The zero-order valence-electron chi connectivity index (χ0n) is 11.2. The lowest BCUT2D eigenvalue weighted by Crippen LogP contribution is -1.94. The number of benzene rings is 1. The molecule has 0 unspecified atom stereocenters. The van der Waals surface area contributed by atoms with E-state index in [4.69, 9.17) is 14.2 Å². The topological polar surface area (TPSA) is 27.7 Å². The Morgan fingerprint density at radius 3 is 2.11 bits per heavy atom. The first-order chi connectivity index (χ1) is 9.28. The fourth-order valence-electron chi connectivity index (χ4n) is 1.75. The monoisotopic (exact) mass is 276 g/mol. The van der Waals surface area contributed by atoms with Crippen LogP contribution in [0.5, 0.6) is 17.2 Å². The molecule has 0 aliphatic rings. The number of methoxy groups -OCH3 is 3. The minimum atomic E-state index is 0.710. The third-order valence-electron chi connectivity index (χ3n) is 2.71. The fraction of sp³-hybridized carbons (Fsp3) is 0.200. The van der Waals surface area contributed by atoms with Crippen LogP contribution in [-0.2, 0) is 0 Å². The predicted octanol–water partition coefficient (Wildman–Crippen LogP) is 3.94. The van der Waals surface area contributed by atoms with Gasteiger partial charge in [-0.3, -0.25) is 0 Å². The zero-order valence-corrected chi connectivity index (χ0v) is 12.0. The standard InChI is InChI=1S/C15H16O3S/c1-16-11-9-14(17-2)13(15(10-11)18-3)7-6-12-5-4-8-19-12/h4-10H,1-3H3/b7-6+. The molecule has 0 bridgehead atoms. The van der Waals surface area contributed by atoms with E-state index < -0.39 is 0 Å². The van der Waals surface area contributed by atoms with Gasteiger partial charge in [0.2, 0.25) is 0 Å². The van der Waals surface area contributed by atoms with Gasteiger partial charge in [0.15, 0.2) is 0 Å². The van der Waals surface area contributed by atoms with Crippen molar-refractivity contribution in [3.05, 3.63) is 40.1 Å². The summed E-state index contributed by atoms with van der Waals surface area (Å²) in [5, 5.41) is 2.04. The molecule has 100 valence electrons. The smallest absolute Gasteiger partial charge is 0.133 e. The van der Waals surface area contributed by atoms with Crippen LogP contribution in [0.25, 0.3) is 12.2 Å². The van der Waals surface area contributed by atoms with Crippen LogP contribution in [0.15, 0.2) is 29.6 Å². The lowest BCUT2D eigenvalue weighted by atomic mass is 10.1. The van der Waals surface area contributed by atoms with Gasteiger partial charge < -0.3 is 14.2 Å². The highest BCUT2D eigenvalue weighted by Gasteiger charge is 2.10. The van der Waals surface area contributed by atoms with E-state index in [0.29, 0.717) is 5.75 Å². The Morgan fingerprint density at radius 1 is 0.947 bits per heavy atom. The molecule has 0 atom stereocenters. The Balaban J connectivity index is 2.42. The van der Waals surface area contributed by atoms with Crippen LogP contribution < -0.4 is 14.2 Å². The average Bonchev–Trinajstić information content (AvgIpc) is 2.97.